The molecule has 0 atom stereocenters. The molecular weight excluding hydrogens is 1450 g/mol. The van der Waals surface area contributed by atoms with Crippen LogP contribution in [0.1, 0.15) is 28.4 Å². The summed E-state index contributed by atoms with van der Waals surface area (Å²) in [5.41, 5.74) is -12.7. The van der Waals surface area contributed by atoms with Gasteiger partial charge in [0.2, 0.25) is 12.2 Å². The lowest BCUT2D eigenvalue weighted by Gasteiger charge is -2.47. The van der Waals surface area contributed by atoms with Crippen molar-refractivity contribution in [2.75, 3.05) is 6.73 Å². The van der Waals surface area contributed by atoms with Gasteiger partial charge in [0.1, 0.15) is 0 Å². The summed E-state index contributed by atoms with van der Waals surface area (Å²) in [6, 6.07) is -0.680. The van der Waals surface area contributed by atoms with Crippen LogP contribution in [0.3, 0.4) is 0 Å². The van der Waals surface area contributed by atoms with E-state index in [1.54, 1.807) is 0 Å². The number of isocyanates is 2. The maximum absolute atomic E-state index is 15.8. The molecule has 0 bridgehead atoms. The summed E-state index contributed by atoms with van der Waals surface area (Å²) in [7, 11) is 0. The number of rotatable bonds is 27. The molecule has 0 fully saturated rings. The van der Waals surface area contributed by atoms with Crippen molar-refractivity contribution >= 4 is 35.4 Å². The van der Waals surface area contributed by atoms with Crippen LogP contribution in [0.4, 0.5) is 218 Å². The Morgan fingerprint density at radius 2 is 0.571 bits per heavy atom. The number of hydrogen-bond donors (Lipinski definition) is 1. The Morgan fingerprint density at radius 1 is 0.363 bits per heavy atom. The van der Waals surface area contributed by atoms with Gasteiger partial charge in [-0.05, 0) is 13.0 Å². The number of carbonyl (C=O) groups is 2. The molecule has 0 radical (unpaired) electrons. The first-order valence-electron chi connectivity index (χ1n) is 20.3. The van der Waals surface area contributed by atoms with Crippen molar-refractivity contribution < 1.29 is 230 Å². The number of amides is 1. The number of alkyl halides is 47. The fraction of sp³-hybridized carbons (Fsp3) is 0.722. The normalized spacial score (nSPS) is 15.9. The van der Waals surface area contributed by atoms with Gasteiger partial charge in [-0.1, -0.05) is 0 Å². The molecule has 528 valence electrons. The first kappa shape index (κ1) is 82.6. The Bertz CT molecular complexity index is 3030. The molecule has 1 rings (SSSR count). The average Bonchev–Trinajstić information content (AvgIpc) is 0.685. The second-order valence-corrected chi connectivity index (χ2v) is 17.1. The van der Waals surface area contributed by atoms with E-state index in [1.807, 2.05) is 0 Å². The van der Waals surface area contributed by atoms with Gasteiger partial charge in [0.05, 0.1) is 22.5 Å². The molecule has 0 unspecified atom stereocenters. The number of nitrogens with one attached hydrogen (secondary N) is 1. The maximum Gasteiger partial charge on any atom is 0.460 e. The van der Waals surface area contributed by atoms with Gasteiger partial charge in [0.15, 0.2) is 6.73 Å². The van der Waals surface area contributed by atoms with E-state index >= 15 is 26.3 Å². The highest BCUT2D eigenvalue weighted by molar-refractivity contribution is 5.99. The lowest BCUT2D eigenvalue weighted by molar-refractivity contribution is -0.498. The van der Waals surface area contributed by atoms with Crippen molar-refractivity contribution in [2.45, 2.75) is 150 Å². The van der Waals surface area contributed by atoms with Crippen LogP contribution in [0.25, 0.3) is 0 Å². The van der Waals surface area contributed by atoms with Crippen molar-refractivity contribution in [3.63, 3.8) is 0 Å². The van der Waals surface area contributed by atoms with Crippen molar-refractivity contribution in [1.29, 1.82) is 0 Å². The summed E-state index contributed by atoms with van der Waals surface area (Å²) < 4.78 is 673. The molecule has 1 amide bonds. The van der Waals surface area contributed by atoms with Crippen LogP contribution in [0.2, 0.25) is 0 Å². The van der Waals surface area contributed by atoms with E-state index in [-0.39, 0.29) is 13.0 Å². The van der Waals surface area contributed by atoms with Crippen LogP contribution in [0.5, 0.6) is 0 Å². The van der Waals surface area contributed by atoms with Crippen LogP contribution >= 0.6 is 0 Å². The van der Waals surface area contributed by atoms with Gasteiger partial charge in [-0.2, -0.15) is 216 Å². The van der Waals surface area contributed by atoms with Gasteiger partial charge in [0, 0.05) is 12.5 Å². The highest BCUT2D eigenvalue weighted by Gasteiger charge is 3.04. The van der Waals surface area contributed by atoms with E-state index in [4.69, 9.17) is 0 Å². The first-order valence-corrected chi connectivity index (χ1v) is 20.3. The van der Waals surface area contributed by atoms with Gasteiger partial charge in [-0.3, -0.25) is 9.59 Å². The monoisotopic (exact) mass is 1460 g/mol. The minimum Gasteiger partial charge on any atom is -0.445 e. The quantitative estimate of drug-likeness (QED) is 0.0310. The SMILES string of the molecule is CC(=O)OCNC(=O)c1cc(N=C=O)c(C)c(N=C=O)c1C(F)(F)C(F)(F)C(F)(F)C(F)(F)C(F)(F)C(F)(F)C(F)(F)C(F)(F)C(F)(F)C(F)(F)C(F)(F)C(F)(F)C(F)(F)C(F)(F)C(F)(F)C(F)(F)C(F)(F)C(F)(F)C(F)(F)C(F)(F)C(F)(F)C(F)(F)C(F)(F)F. The topological polar surface area (TPSA) is 114 Å². The number of nitrogens with zero attached hydrogens (tertiary/aromatic N) is 2. The Kier molecular flexibility index (Phi) is 20.1. The van der Waals surface area contributed by atoms with Gasteiger partial charge >= 0.3 is 142 Å². The maximum atomic E-state index is 15.8. The zero-order valence-corrected chi connectivity index (χ0v) is 40.5. The second kappa shape index (κ2) is 22.1. The second-order valence-electron chi connectivity index (χ2n) is 17.1. The number of halogens is 47. The van der Waals surface area contributed by atoms with Crippen LogP contribution < -0.4 is 5.32 Å². The third-order valence-electron chi connectivity index (χ3n) is 11.6. The average molecular weight is 1460 g/mol. The zero-order valence-electron chi connectivity index (χ0n) is 40.5. The van der Waals surface area contributed by atoms with Crippen molar-refractivity contribution in [3.8, 4) is 0 Å². The van der Waals surface area contributed by atoms with E-state index in [2.05, 4.69) is 14.7 Å². The lowest BCUT2D eigenvalue weighted by Crippen LogP contribution is -2.81. The number of carbonyl (C=O) groups excluding carboxylic acids is 4. The van der Waals surface area contributed by atoms with Crippen LogP contribution in [-0.2, 0) is 25.0 Å². The predicted octanol–water partition coefficient (Wildman–Crippen LogP) is 16.2. The molecule has 1 N–H and O–H groups in total. The molecule has 55 heteroatoms. The Hall–Kier alpha value is -6.37. The molecule has 1 aromatic carbocycles. The summed E-state index contributed by atoms with van der Waals surface area (Å²) in [5, 5.41) is 0.962. The van der Waals surface area contributed by atoms with E-state index < -0.39 is 189 Å². The van der Waals surface area contributed by atoms with Crippen molar-refractivity contribution in [3.05, 3.63) is 22.8 Å². The molecule has 0 saturated heterocycles. The Labute approximate surface area is 461 Å². The number of aliphatic imine (C=N–C) groups is 2. The number of hydrogen-bond acceptors (Lipinski definition) is 7. The number of esters is 1. The van der Waals surface area contributed by atoms with Crippen molar-refractivity contribution in [1.82, 2.24) is 5.32 Å². The van der Waals surface area contributed by atoms with Crippen LogP contribution in [0.15, 0.2) is 16.1 Å². The minimum absolute atomic E-state index is 0.0115. The third-order valence-corrected chi connectivity index (χ3v) is 11.6. The Balaban J connectivity index is 4.38. The largest absolute Gasteiger partial charge is 0.460 e. The van der Waals surface area contributed by atoms with Crippen LogP contribution in [-0.4, -0.2) is 161 Å². The number of ether oxygens (including phenoxy) is 1. The summed E-state index contributed by atoms with van der Waals surface area (Å²) in [4.78, 5) is 49.9. The predicted molar refractivity (Wildman–Crippen MR) is 185 cm³/mol. The molecule has 8 nitrogen and oxygen atoms in total. The smallest absolute Gasteiger partial charge is 0.445 e. The zero-order chi connectivity index (χ0) is 74.2. The van der Waals surface area contributed by atoms with Gasteiger partial charge in [-0.15, -0.1) is 0 Å². The van der Waals surface area contributed by atoms with Gasteiger partial charge in [0.25, 0.3) is 5.91 Å². The van der Waals surface area contributed by atoms with E-state index in [0.717, 1.165) is 5.32 Å². The summed E-state index contributed by atoms with van der Waals surface area (Å²) >= 11 is 0. The highest BCUT2D eigenvalue weighted by atomic mass is 19.4. The molecule has 0 spiro atoms. The van der Waals surface area contributed by atoms with Gasteiger partial charge < -0.3 is 10.1 Å². The fourth-order valence-electron chi connectivity index (χ4n) is 6.18. The standard InChI is InChI=1S/C36H10F47N3O5/c1-7-10(84-4-87)3-9(13(90)86-6-91-8(2)89)11(12(7)85-5-88)14(37,38)15(39,40)16(41,42)17(43,44)18(45,46)19(47,48)20(49,50)21(51,52)22(53,54)23(55,56)24(57,58)25(59,60)26(61,62)27(63,64)28(65,66)29(67,68)30(69,70)31(71,72)32(73,74)33(75,76)34(77,78)35(79,80)36(81,82)83/h3H,6H2,1-2H3,(H,86,90). The first-order chi connectivity index (χ1) is 39.1. The molecule has 91 heavy (non-hydrogen) atoms. The van der Waals surface area contributed by atoms with Gasteiger partial charge in [-0.25, -0.2) is 9.59 Å². The molecule has 0 aliphatic rings. The highest BCUT2D eigenvalue weighted by Crippen LogP contribution is 2.73. The molecule has 1 aromatic rings. The summed E-state index contributed by atoms with van der Waals surface area (Å²) in [6.45, 7) is -1.47. The van der Waals surface area contributed by atoms with E-state index in [9.17, 15) is 199 Å². The molecule has 0 aromatic heterocycles. The molecule has 0 saturated carbocycles. The number of benzene rings is 1. The van der Waals surface area contributed by atoms with E-state index in [1.165, 1.54) is 0 Å². The minimum atomic E-state index is -11.0. The molecule has 0 heterocycles. The van der Waals surface area contributed by atoms with Crippen molar-refractivity contribution in [2.24, 2.45) is 9.98 Å². The summed E-state index contributed by atoms with van der Waals surface area (Å²) in [6.07, 6.45) is -8.25. The summed E-state index contributed by atoms with van der Waals surface area (Å²) in [5.74, 6) is -232. The molecule has 0 aliphatic heterocycles. The van der Waals surface area contributed by atoms with E-state index in [0.29, 0.717) is 13.0 Å². The fourth-order valence-corrected chi connectivity index (χ4v) is 6.18. The Morgan fingerprint density at radius 3 is 0.769 bits per heavy atom. The molecular formula is C36H10F47N3O5. The van der Waals surface area contributed by atoms with Crippen LogP contribution in [0, 0.1) is 6.92 Å². The lowest BCUT2D eigenvalue weighted by atomic mass is 9.81. The molecule has 0 aliphatic carbocycles. The third kappa shape index (κ3) is 10.2.